The summed E-state index contributed by atoms with van der Waals surface area (Å²) in [6, 6.07) is 12.9. The number of rotatable bonds is 5. The van der Waals surface area contributed by atoms with Gasteiger partial charge in [-0.2, -0.15) is 0 Å². The van der Waals surface area contributed by atoms with E-state index < -0.39 is 0 Å². The standard InChI is InChI=1S/C20H17FN6O/c21-16-6-7-18-14(8-9-28-18)15(16)10-22-20-23-11-17(19-26-24-12-27(19)20)25-13-4-2-1-3-5-13/h1-7,11-12,25H,8-10H2,(H,22,23). The van der Waals surface area contributed by atoms with Crippen LogP contribution in [0, 0.1) is 5.82 Å². The summed E-state index contributed by atoms with van der Waals surface area (Å²) in [6.45, 7) is 0.879. The molecule has 2 N–H and O–H groups in total. The number of nitrogens with zero attached hydrogens (tertiary/aromatic N) is 4. The molecule has 3 heterocycles. The lowest BCUT2D eigenvalue weighted by atomic mass is 10.0. The van der Waals surface area contributed by atoms with E-state index in [0.717, 1.165) is 22.7 Å². The van der Waals surface area contributed by atoms with Crippen molar-refractivity contribution in [2.24, 2.45) is 0 Å². The molecule has 28 heavy (non-hydrogen) atoms. The van der Waals surface area contributed by atoms with Crippen LogP contribution in [0.15, 0.2) is 55.0 Å². The molecule has 0 fully saturated rings. The third kappa shape index (κ3) is 2.88. The van der Waals surface area contributed by atoms with E-state index in [1.807, 2.05) is 30.3 Å². The van der Waals surface area contributed by atoms with Crippen LogP contribution in [0.25, 0.3) is 5.65 Å². The minimum absolute atomic E-state index is 0.251. The quantitative estimate of drug-likeness (QED) is 0.555. The summed E-state index contributed by atoms with van der Waals surface area (Å²) < 4.78 is 21.6. The number of benzene rings is 2. The van der Waals surface area contributed by atoms with E-state index in [1.165, 1.54) is 6.07 Å². The zero-order valence-corrected chi connectivity index (χ0v) is 14.9. The molecule has 0 radical (unpaired) electrons. The topological polar surface area (TPSA) is 76.4 Å². The number of anilines is 3. The molecule has 1 aliphatic rings. The van der Waals surface area contributed by atoms with Crippen molar-refractivity contribution in [3.05, 3.63) is 71.9 Å². The number of nitrogens with one attached hydrogen (secondary N) is 2. The third-order valence-corrected chi connectivity index (χ3v) is 4.75. The molecular formula is C20H17FN6O. The average Bonchev–Trinajstić information content (AvgIpc) is 3.39. The van der Waals surface area contributed by atoms with Crippen LogP contribution in [0.2, 0.25) is 0 Å². The van der Waals surface area contributed by atoms with Gasteiger partial charge in [0.25, 0.3) is 0 Å². The van der Waals surface area contributed by atoms with Crippen LogP contribution < -0.4 is 15.4 Å². The summed E-state index contributed by atoms with van der Waals surface area (Å²) in [5, 5.41) is 14.7. The Hall–Kier alpha value is -3.68. The van der Waals surface area contributed by atoms with Gasteiger partial charge in [0.15, 0.2) is 5.65 Å². The minimum atomic E-state index is -0.251. The molecule has 0 saturated carbocycles. The lowest BCUT2D eigenvalue weighted by Crippen LogP contribution is -2.10. The molecule has 0 saturated heterocycles. The monoisotopic (exact) mass is 376 g/mol. The summed E-state index contributed by atoms with van der Waals surface area (Å²) in [7, 11) is 0. The fourth-order valence-corrected chi connectivity index (χ4v) is 3.39. The molecular weight excluding hydrogens is 359 g/mol. The summed E-state index contributed by atoms with van der Waals surface area (Å²) in [4.78, 5) is 4.47. The smallest absolute Gasteiger partial charge is 0.210 e. The van der Waals surface area contributed by atoms with Crippen molar-refractivity contribution in [1.82, 2.24) is 19.6 Å². The highest BCUT2D eigenvalue weighted by atomic mass is 19.1. The third-order valence-electron chi connectivity index (χ3n) is 4.75. The number of ether oxygens (including phenoxy) is 1. The highest BCUT2D eigenvalue weighted by molar-refractivity contribution is 5.73. The number of hydrogen-bond donors (Lipinski definition) is 2. The van der Waals surface area contributed by atoms with E-state index in [4.69, 9.17) is 4.74 Å². The maximum absolute atomic E-state index is 14.4. The van der Waals surface area contributed by atoms with Crippen LogP contribution in [0.5, 0.6) is 5.75 Å². The van der Waals surface area contributed by atoms with Gasteiger partial charge in [0.1, 0.15) is 23.6 Å². The van der Waals surface area contributed by atoms with E-state index in [0.29, 0.717) is 36.7 Å². The van der Waals surface area contributed by atoms with Gasteiger partial charge in [-0.05, 0) is 24.3 Å². The first-order valence-corrected chi connectivity index (χ1v) is 8.97. The van der Waals surface area contributed by atoms with Gasteiger partial charge >= 0.3 is 0 Å². The molecule has 2 aromatic carbocycles. The molecule has 0 aliphatic carbocycles. The van der Waals surface area contributed by atoms with Gasteiger partial charge in [-0.15, -0.1) is 10.2 Å². The molecule has 0 unspecified atom stereocenters. The van der Waals surface area contributed by atoms with Crippen LogP contribution in [-0.4, -0.2) is 26.2 Å². The fourth-order valence-electron chi connectivity index (χ4n) is 3.39. The molecule has 7 nitrogen and oxygen atoms in total. The lowest BCUT2D eigenvalue weighted by Gasteiger charge is -2.13. The maximum atomic E-state index is 14.4. The zero-order chi connectivity index (χ0) is 18.9. The molecule has 0 spiro atoms. The Balaban J connectivity index is 1.43. The summed E-state index contributed by atoms with van der Waals surface area (Å²) in [5.74, 6) is 1.04. The second kappa shape index (κ2) is 6.80. The van der Waals surface area contributed by atoms with Gasteiger partial charge in [0, 0.05) is 29.8 Å². The summed E-state index contributed by atoms with van der Waals surface area (Å²) in [5.41, 5.74) is 3.80. The van der Waals surface area contributed by atoms with E-state index in [9.17, 15) is 4.39 Å². The lowest BCUT2D eigenvalue weighted by molar-refractivity contribution is 0.356. The van der Waals surface area contributed by atoms with Crippen molar-refractivity contribution in [1.29, 1.82) is 0 Å². The number of fused-ring (bicyclic) bond motifs is 2. The SMILES string of the molecule is Fc1ccc2c(c1CNc1ncc(Nc3ccccc3)c3nncn13)CCO2. The molecule has 1 aliphatic heterocycles. The first-order chi connectivity index (χ1) is 13.8. The van der Waals surface area contributed by atoms with Gasteiger partial charge < -0.3 is 15.4 Å². The maximum Gasteiger partial charge on any atom is 0.210 e. The van der Waals surface area contributed by atoms with Crippen molar-refractivity contribution >= 4 is 23.0 Å². The Morgan fingerprint density at radius 3 is 2.93 bits per heavy atom. The van der Waals surface area contributed by atoms with Crippen LogP contribution in [0.4, 0.5) is 21.7 Å². The number of para-hydroxylation sites is 1. The minimum Gasteiger partial charge on any atom is -0.493 e. The van der Waals surface area contributed by atoms with Crippen molar-refractivity contribution in [2.75, 3.05) is 17.2 Å². The van der Waals surface area contributed by atoms with E-state index >= 15 is 0 Å². The normalized spacial score (nSPS) is 12.6. The average molecular weight is 376 g/mol. The Bertz CT molecular complexity index is 1140. The number of aromatic nitrogens is 4. The van der Waals surface area contributed by atoms with E-state index in [2.05, 4.69) is 25.8 Å². The molecule has 140 valence electrons. The molecule has 4 aromatic rings. The van der Waals surface area contributed by atoms with Gasteiger partial charge in [-0.3, -0.25) is 0 Å². The van der Waals surface area contributed by atoms with Gasteiger partial charge in [0.2, 0.25) is 5.95 Å². The number of hydrogen-bond acceptors (Lipinski definition) is 6. The second-order valence-corrected chi connectivity index (χ2v) is 6.47. The Labute approximate surface area is 160 Å². The molecule has 2 aromatic heterocycles. The first-order valence-electron chi connectivity index (χ1n) is 8.97. The van der Waals surface area contributed by atoms with Crippen LogP contribution in [0.3, 0.4) is 0 Å². The van der Waals surface area contributed by atoms with Gasteiger partial charge in [0.05, 0.1) is 12.8 Å². The first kappa shape index (κ1) is 16.5. The van der Waals surface area contributed by atoms with Gasteiger partial charge in [-0.25, -0.2) is 13.8 Å². The predicted molar refractivity (Wildman–Crippen MR) is 103 cm³/mol. The predicted octanol–water partition coefficient (Wildman–Crippen LogP) is 3.55. The Kier molecular flexibility index (Phi) is 4.01. The fraction of sp³-hybridized carbons (Fsp3) is 0.150. The van der Waals surface area contributed by atoms with Crippen molar-refractivity contribution in [3.8, 4) is 5.75 Å². The van der Waals surface area contributed by atoms with Crippen molar-refractivity contribution in [3.63, 3.8) is 0 Å². The molecule has 0 amide bonds. The van der Waals surface area contributed by atoms with Crippen LogP contribution >= 0.6 is 0 Å². The molecule has 0 atom stereocenters. The van der Waals surface area contributed by atoms with E-state index in [-0.39, 0.29) is 5.82 Å². The van der Waals surface area contributed by atoms with Crippen LogP contribution in [-0.2, 0) is 13.0 Å². The Morgan fingerprint density at radius 2 is 2.04 bits per heavy atom. The number of halogens is 1. The van der Waals surface area contributed by atoms with E-state index in [1.54, 1.807) is 23.0 Å². The molecule has 8 heteroatoms. The molecule has 5 rings (SSSR count). The summed E-state index contributed by atoms with van der Waals surface area (Å²) in [6.07, 6.45) is 3.98. The van der Waals surface area contributed by atoms with Crippen molar-refractivity contribution in [2.45, 2.75) is 13.0 Å². The molecule has 0 bridgehead atoms. The van der Waals surface area contributed by atoms with Gasteiger partial charge in [-0.1, -0.05) is 18.2 Å². The highest BCUT2D eigenvalue weighted by Gasteiger charge is 2.20. The van der Waals surface area contributed by atoms with Crippen LogP contribution in [0.1, 0.15) is 11.1 Å². The zero-order valence-electron chi connectivity index (χ0n) is 14.9. The largest absolute Gasteiger partial charge is 0.493 e. The van der Waals surface area contributed by atoms with Crippen molar-refractivity contribution < 1.29 is 9.13 Å². The summed E-state index contributed by atoms with van der Waals surface area (Å²) >= 11 is 0. The second-order valence-electron chi connectivity index (χ2n) is 6.47. The highest BCUT2D eigenvalue weighted by Crippen LogP contribution is 2.30. The Morgan fingerprint density at radius 1 is 1.14 bits per heavy atom.